The molecule has 2 heterocycles. The highest BCUT2D eigenvalue weighted by Crippen LogP contribution is 2.26. The summed E-state index contributed by atoms with van der Waals surface area (Å²) in [6.07, 6.45) is 0. The number of benzene rings is 3. The quantitative estimate of drug-likeness (QED) is 0.446. The second-order valence-corrected chi connectivity index (χ2v) is 6.88. The molecule has 5 rings (SSSR count). The first-order chi connectivity index (χ1) is 14.6. The summed E-state index contributed by atoms with van der Waals surface area (Å²) in [5.41, 5.74) is 2.42. The Labute approximate surface area is 170 Å². The molecule has 0 bridgehead atoms. The van der Waals surface area contributed by atoms with E-state index in [2.05, 4.69) is 15.2 Å². The lowest BCUT2D eigenvalue weighted by Gasteiger charge is -2.09. The second kappa shape index (κ2) is 7.04. The third-order valence-electron chi connectivity index (χ3n) is 4.78. The van der Waals surface area contributed by atoms with Gasteiger partial charge in [-0.15, -0.1) is 0 Å². The lowest BCUT2D eigenvalue weighted by Crippen LogP contribution is -2.22. The number of hydrogen-bond acceptors (Lipinski definition) is 5. The summed E-state index contributed by atoms with van der Waals surface area (Å²) >= 11 is 0. The molecule has 0 saturated carbocycles. The molecule has 7 heteroatoms. The van der Waals surface area contributed by atoms with Crippen molar-refractivity contribution in [2.75, 3.05) is 0 Å². The van der Waals surface area contributed by atoms with Gasteiger partial charge in [-0.2, -0.15) is 14.8 Å². The maximum atomic E-state index is 13.2. The van der Waals surface area contributed by atoms with Gasteiger partial charge >= 0.3 is 0 Å². The van der Waals surface area contributed by atoms with E-state index in [0.29, 0.717) is 33.5 Å². The van der Waals surface area contributed by atoms with Crippen molar-refractivity contribution in [3.63, 3.8) is 0 Å². The summed E-state index contributed by atoms with van der Waals surface area (Å²) < 4.78 is 20.0. The van der Waals surface area contributed by atoms with Crippen LogP contribution >= 0.6 is 0 Å². The molecule has 6 nitrogen and oxygen atoms in total. The van der Waals surface area contributed by atoms with Gasteiger partial charge in [0.1, 0.15) is 5.82 Å². The van der Waals surface area contributed by atoms with Crippen molar-refractivity contribution in [3.05, 3.63) is 94.5 Å². The molecule has 0 aliphatic heterocycles. The summed E-state index contributed by atoms with van der Waals surface area (Å²) in [6.45, 7) is 1.95. The fourth-order valence-corrected chi connectivity index (χ4v) is 3.32. The molecule has 5 aromatic rings. The van der Waals surface area contributed by atoms with Crippen molar-refractivity contribution in [1.29, 1.82) is 0 Å². The van der Waals surface area contributed by atoms with Crippen molar-refractivity contribution in [2.24, 2.45) is 0 Å². The molecule has 0 aliphatic carbocycles. The third-order valence-corrected chi connectivity index (χ3v) is 4.78. The zero-order chi connectivity index (χ0) is 20.7. The van der Waals surface area contributed by atoms with E-state index in [9.17, 15) is 9.18 Å². The summed E-state index contributed by atoms with van der Waals surface area (Å²) in [5, 5.41) is 9.66. The predicted octanol–water partition coefficient (Wildman–Crippen LogP) is 4.55. The topological polar surface area (TPSA) is 73.8 Å². The van der Waals surface area contributed by atoms with E-state index in [1.165, 1.54) is 16.8 Å². The lowest BCUT2D eigenvalue weighted by molar-refractivity contribution is 0.430. The van der Waals surface area contributed by atoms with Crippen LogP contribution in [0.1, 0.15) is 5.56 Å². The maximum Gasteiger partial charge on any atom is 0.279 e. The van der Waals surface area contributed by atoms with Gasteiger partial charge in [0.05, 0.1) is 11.1 Å². The van der Waals surface area contributed by atoms with Crippen LogP contribution in [0.3, 0.4) is 0 Å². The molecule has 0 radical (unpaired) electrons. The molecule has 0 atom stereocenters. The van der Waals surface area contributed by atoms with Gasteiger partial charge in [0.25, 0.3) is 11.4 Å². The second-order valence-electron chi connectivity index (χ2n) is 6.88. The predicted molar refractivity (Wildman–Crippen MR) is 111 cm³/mol. The summed E-state index contributed by atoms with van der Waals surface area (Å²) in [7, 11) is 0. The van der Waals surface area contributed by atoms with E-state index in [-0.39, 0.29) is 17.3 Å². The van der Waals surface area contributed by atoms with Gasteiger partial charge in [-0.25, -0.2) is 4.39 Å². The Morgan fingerprint density at radius 2 is 1.70 bits per heavy atom. The van der Waals surface area contributed by atoms with Crippen LogP contribution in [-0.4, -0.2) is 19.9 Å². The molecule has 146 valence electrons. The maximum absolute atomic E-state index is 13.2. The van der Waals surface area contributed by atoms with Crippen LogP contribution < -0.4 is 5.56 Å². The molecule has 0 fully saturated rings. The number of hydrogen-bond donors (Lipinski definition) is 0. The van der Waals surface area contributed by atoms with Crippen LogP contribution in [-0.2, 0) is 0 Å². The van der Waals surface area contributed by atoms with E-state index in [1.54, 1.807) is 30.3 Å². The average Bonchev–Trinajstić information content (AvgIpc) is 3.25. The van der Waals surface area contributed by atoms with Crippen molar-refractivity contribution in [3.8, 4) is 28.7 Å². The molecule has 0 aliphatic rings. The molecule has 0 amide bonds. The number of aryl methyl sites for hydroxylation is 1. The SMILES string of the molecule is Cc1cccc(-n2nc(-c3nc(-c4ccc(F)cc4)no3)c3ccccc3c2=O)c1. The Morgan fingerprint density at radius 3 is 2.47 bits per heavy atom. The first kappa shape index (κ1) is 17.9. The Kier molecular flexibility index (Phi) is 4.21. The fraction of sp³-hybridized carbons (Fsp3) is 0.0435. The lowest BCUT2D eigenvalue weighted by atomic mass is 10.1. The van der Waals surface area contributed by atoms with E-state index in [1.807, 2.05) is 37.3 Å². The first-order valence-corrected chi connectivity index (χ1v) is 9.29. The van der Waals surface area contributed by atoms with E-state index in [0.717, 1.165) is 5.56 Å². The Morgan fingerprint density at radius 1 is 0.933 bits per heavy atom. The zero-order valence-electron chi connectivity index (χ0n) is 15.9. The van der Waals surface area contributed by atoms with Crippen molar-refractivity contribution in [2.45, 2.75) is 6.92 Å². The monoisotopic (exact) mass is 398 g/mol. The molecule has 30 heavy (non-hydrogen) atoms. The molecule has 3 aromatic carbocycles. The van der Waals surface area contributed by atoms with Crippen molar-refractivity contribution in [1.82, 2.24) is 19.9 Å². The first-order valence-electron chi connectivity index (χ1n) is 9.29. The van der Waals surface area contributed by atoms with Gasteiger partial charge in [-0.3, -0.25) is 4.79 Å². The van der Waals surface area contributed by atoms with Gasteiger partial charge in [-0.1, -0.05) is 35.5 Å². The highest BCUT2D eigenvalue weighted by molar-refractivity contribution is 5.92. The normalized spacial score (nSPS) is 11.1. The highest BCUT2D eigenvalue weighted by Gasteiger charge is 2.19. The van der Waals surface area contributed by atoms with Crippen LogP contribution in [0.15, 0.2) is 82.1 Å². The van der Waals surface area contributed by atoms with Crippen LogP contribution in [0.5, 0.6) is 0 Å². The smallest absolute Gasteiger partial charge is 0.279 e. The molecule has 0 spiro atoms. The average molecular weight is 398 g/mol. The number of rotatable bonds is 3. The summed E-state index contributed by atoms with van der Waals surface area (Å²) in [6, 6.07) is 20.5. The van der Waals surface area contributed by atoms with Gasteiger partial charge in [0.15, 0.2) is 5.69 Å². The molecule has 2 aromatic heterocycles. The third kappa shape index (κ3) is 3.06. The minimum Gasteiger partial charge on any atom is -0.332 e. The Hall–Kier alpha value is -4.13. The molecule has 0 saturated heterocycles. The minimum absolute atomic E-state index is 0.173. The number of aromatic nitrogens is 4. The van der Waals surface area contributed by atoms with E-state index < -0.39 is 0 Å². The molecule has 0 unspecified atom stereocenters. The highest BCUT2D eigenvalue weighted by atomic mass is 19.1. The van der Waals surface area contributed by atoms with Gasteiger partial charge in [-0.05, 0) is 55.0 Å². The number of fused-ring (bicyclic) bond motifs is 1. The van der Waals surface area contributed by atoms with Crippen LogP contribution in [0.4, 0.5) is 4.39 Å². The number of nitrogens with zero attached hydrogens (tertiary/aromatic N) is 4. The van der Waals surface area contributed by atoms with E-state index >= 15 is 0 Å². The minimum atomic E-state index is -0.347. The summed E-state index contributed by atoms with van der Waals surface area (Å²) in [5.74, 6) is 0.136. The van der Waals surface area contributed by atoms with Gasteiger partial charge in [0, 0.05) is 10.9 Å². The van der Waals surface area contributed by atoms with Crippen LogP contribution in [0, 0.1) is 12.7 Å². The van der Waals surface area contributed by atoms with Crippen LogP contribution in [0.25, 0.3) is 39.4 Å². The molecule has 0 N–H and O–H groups in total. The number of halogens is 1. The Balaban J connectivity index is 1.72. The molecular formula is C23H15FN4O2. The fourth-order valence-electron chi connectivity index (χ4n) is 3.32. The van der Waals surface area contributed by atoms with Gasteiger partial charge < -0.3 is 4.52 Å². The molecular weight excluding hydrogens is 383 g/mol. The van der Waals surface area contributed by atoms with Gasteiger partial charge in [0.2, 0.25) is 5.82 Å². The van der Waals surface area contributed by atoms with Crippen LogP contribution in [0.2, 0.25) is 0 Å². The van der Waals surface area contributed by atoms with Crippen molar-refractivity contribution < 1.29 is 8.91 Å². The van der Waals surface area contributed by atoms with Crippen molar-refractivity contribution >= 4 is 10.8 Å². The largest absolute Gasteiger partial charge is 0.332 e. The Bertz CT molecular complexity index is 1440. The summed E-state index contributed by atoms with van der Waals surface area (Å²) in [4.78, 5) is 17.5. The van der Waals surface area contributed by atoms with E-state index in [4.69, 9.17) is 4.52 Å². The zero-order valence-corrected chi connectivity index (χ0v) is 15.9. The standard InChI is InChI=1S/C23H15FN4O2/c1-14-5-4-6-17(13-14)28-23(29)19-8-3-2-7-18(19)20(26-28)22-25-21(27-30-22)15-9-11-16(24)12-10-15/h2-13H,1H3.